The number of rotatable bonds is 3. The van der Waals surface area contributed by atoms with Gasteiger partial charge < -0.3 is 0 Å². The lowest BCUT2D eigenvalue weighted by Gasteiger charge is -2.28. The molecule has 0 nitrogen and oxygen atoms in total. The van der Waals surface area contributed by atoms with Gasteiger partial charge in [-0.1, -0.05) is 84.5 Å². The average Bonchev–Trinajstić information content (AvgIpc) is 3.28. The van der Waals surface area contributed by atoms with Gasteiger partial charge in [0.1, 0.15) is 0 Å². The first kappa shape index (κ1) is 20.7. The highest BCUT2D eigenvalue weighted by Crippen LogP contribution is 2.64. The van der Waals surface area contributed by atoms with Crippen molar-refractivity contribution >= 4 is 5.57 Å². The molecule has 0 saturated heterocycles. The van der Waals surface area contributed by atoms with Gasteiger partial charge in [0.2, 0.25) is 0 Å². The average molecular weight is 395 g/mol. The summed E-state index contributed by atoms with van der Waals surface area (Å²) in [4.78, 5) is 0. The van der Waals surface area contributed by atoms with E-state index >= 15 is 0 Å². The Balaban J connectivity index is 1.94. The molecule has 2 aliphatic rings. The predicted molar refractivity (Wildman–Crippen MR) is 131 cm³/mol. The van der Waals surface area contributed by atoms with Crippen LogP contribution in [0.1, 0.15) is 68.7 Å². The largest absolute Gasteiger partial charge is 0.0874 e. The Labute approximate surface area is 182 Å². The van der Waals surface area contributed by atoms with Crippen LogP contribution in [0.2, 0.25) is 0 Å². The van der Waals surface area contributed by atoms with Gasteiger partial charge in [-0.2, -0.15) is 0 Å². The second-order valence-corrected chi connectivity index (χ2v) is 8.86. The monoisotopic (exact) mass is 394 g/mol. The van der Waals surface area contributed by atoms with Crippen LogP contribution in [-0.4, -0.2) is 0 Å². The van der Waals surface area contributed by atoms with Crippen LogP contribution in [0.15, 0.2) is 90.1 Å². The van der Waals surface area contributed by atoms with Crippen molar-refractivity contribution in [3.63, 3.8) is 0 Å². The van der Waals surface area contributed by atoms with Crippen molar-refractivity contribution in [3.05, 3.63) is 112 Å². The number of aryl methyl sites for hydroxylation is 1. The third-order valence-corrected chi connectivity index (χ3v) is 7.33. The summed E-state index contributed by atoms with van der Waals surface area (Å²) in [5, 5.41) is 0. The van der Waals surface area contributed by atoms with Gasteiger partial charge in [0, 0.05) is 5.41 Å². The number of allylic oxidation sites excluding steroid dienone is 8. The second-order valence-electron chi connectivity index (χ2n) is 8.86. The van der Waals surface area contributed by atoms with Crippen LogP contribution in [-0.2, 0) is 5.41 Å². The lowest BCUT2D eigenvalue weighted by atomic mass is 9.74. The van der Waals surface area contributed by atoms with Crippen LogP contribution in [0.5, 0.6) is 0 Å². The van der Waals surface area contributed by atoms with E-state index < -0.39 is 0 Å². The molecule has 0 N–H and O–H groups in total. The van der Waals surface area contributed by atoms with Crippen molar-refractivity contribution in [3.8, 4) is 0 Å². The summed E-state index contributed by atoms with van der Waals surface area (Å²) in [6.45, 7) is 11.0. The van der Waals surface area contributed by atoms with E-state index in [-0.39, 0.29) is 5.41 Å². The Bertz CT molecular complexity index is 1040. The first-order chi connectivity index (χ1) is 14.6. The highest BCUT2D eigenvalue weighted by molar-refractivity contribution is 5.90. The van der Waals surface area contributed by atoms with Gasteiger partial charge >= 0.3 is 0 Å². The maximum absolute atomic E-state index is 2.46. The zero-order chi connectivity index (χ0) is 21.3. The van der Waals surface area contributed by atoms with Crippen LogP contribution in [0, 0.1) is 12.8 Å². The fraction of sp³-hybridized carbons (Fsp3) is 0.333. The van der Waals surface area contributed by atoms with Gasteiger partial charge in [-0.05, 0) is 92.7 Å². The first-order valence-corrected chi connectivity index (χ1v) is 11.4. The van der Waals surface area contributed by atoms with Crippen molar-refractivity contribution in [2.24, 2.45) is 5.92 Å². The van der Waals surface area contributed by atoms with E-state index in [0.29, 0.717) is 11.8 Å². The minimum absolute atomic E-state index is 0.0962. The number of hydrogen-bond donors (Lipinski definition) is 0. The summed E-state index contributed by atoms with van der Waals surface area (Å²) in [6, 6.07) is 18.3. The van der Waals surface area contributed by atoms with Gasteiger partial charge in [0.25, 0.3) is 0 Å². The van der Waals surface area contributed by atoms with Crippen LogP contribution < -0.4 is 0 Å². The van der Waals surface area contributed by atoms with Crippen LogP contribution in [0.25, 0.3) is 5.57 Å². The topological polar surface area (TPSA) is 0 Å². The first-order valence-electron chi connectivity index (χ1n) is 11.4. The Morgan fingerprint density at radius 2 is 1.70 bits per heavy atom. The molecule has 1 saturated carbocycles. The number of benzene rings is 2. The lowest BCUT2D eigenvalue weighted by Crippen LogP contribution is -2.22. The molecular weight excluding hydrogens is 360 g/mol. The molecule has 30 heavy (non-hydrogen) atoms. The SMILES string of the molecule is C/C=C\C(=C/C)C1CC2(CC1c1ccccc1)C(=C/C)/C(=C\C)c1ccc(C)cc12. The van der Waals surface area contributed by atoms with Crippen LogP contribution in [0.3, 0.4) is 0 Å². The highest BCUT2D eigenvalue weighted by Gasteiger charge is 2.53. The van der Waals surface area contributed by atoms with Crippen LogP contribution >= 0.6 is 0 Å². The molecule has 1 fully saturated rings. The third kappa shape index (κ3) is 3.14. The zero-order valence-electron chi connectivity index (χ0n) is 19.1. The van der Waals surface area contributed by atoms with E-state index in [1.54, 1.807) is 5.56 Å². The van der Waals surface area contributed by atoms with Gasteiger partial charge in [0.15, 0.2) is 0 Å². The quantitative estimate of drug-likeness (QED) is 0.459. The van der Waals surface area contributed by atoms with E-state index in [4.69, 9.17) is 0 Å². The molecule has 0 heteroatoms. The molecule has 0 amide bonds. The minimum atomic E-state index is 0.0962. The number of fused-ring (bicyclic) bond motifs is 2. The van der Waals surface area contributed by atoms with E-state index in [1.165, 1.54) is 46.3 Å². The Hall–Kier alpha value is -2.60. The van der Waals surface area contributed by atoms with Gasteiger partial charge in [-0.3, -0.25) is 0 Å². The molecule has 3 unspecified atom stereocenters. The Morgan fingerprint density at radius 1 is 0.933 bits per heavy atom. The molecule has 0 aliphatic heterocycles. The van der Waals surface area contributed by atoms with Crippen molar-refractivity contribution in [2.75, 3.05) is 0 Å². The van der Waals surface area contributed by atoms with Crippen molar-refractivity contribution < 1.29 is 0 Å². The highest BCUT2D eigenvalue weighted by atomic mass is 14.6. The van der Waals surface area contributed by atoms with E-state index in [9.17, 15) is 0 Å². The maximum atomic E-state index is 2.46. The molecule has 1 spiro atoms. The molecule has 2 aromatic rings. The molecule has 0 bridgehead atoms. The summed E-state index contributed by atoms with van der Waals surface area (Å²) in [6.07, 6.45) is 13.9. The van der Waals surface area contributed by atoms with Gasteiger partial charge in [-0.15, -0.1) is 0 Å². The third-order valence-electron chi connectivity index (χ3n) is 7.33. The molecule has 0 heterocycles. The molecule has 2 aromatic carbocycles. The van der Waals surface area contributed by atoms with Crippen molar-refractivity contribution in [1.29, 1.82) is 0 Å². The molecule has 0 aromatic heterocycles. The normalized spacial score (nSPS) is 28.9. The molecule has 3 atom stereocenters. The molecule has 4 rings (SSSR count). The molecule has 2 aliphatic carbocycles. The smallest absolute Gasteiger partial charge is 0.0224 e. The summed E-state index contributed by atoms with van der Waals surface area (Å²) in [5.74, 6) is 1.04. The maximum Gasteiger partial charge on any atom is 0.0224 e. The Kier molecular flexibility index (Phi) is 5.69. The van der Waals surface area contributed by atoms with Crippen LogP contribution in [0.4, 0.5) is 0 Å². The van der Waals surface area contributed by atoms with Crippen molar-refractivity contribution in [2.45, 2.75) is 58.8 Å². The van der Waals surface area contributed by atoms with Gasteiger partial charge in [0.05, 0.1) is 0 Å². The summed E-state index contributed by atoms with van der Waals surface area (Å²) in [7, 11) is 0. The standard InChI is InChI=1S/C30H34/c1-6-13-22(7-2)26-19-30(20-27(26)23-14-11-10-12-15-23)28(9-4)24(8-3)25-17-16-21(5)18-29(25)30/h6-18,26-27H,19-20H2,1-5H3/b13-6-,22-7+,24-8-,28-9+. The fourth-order valence-corrected chi connectivity index (χ4v) is 6.17. The summed E-state index contributed by atoms with van der Waals surface area (Å²) in [5.41, 5.74) is 10.4. The molecular formula is C30H34. The lowest BCUT2D eigenvalue weighted by molar-refractivity contribution is 0.525. The van der Waals surface area contributed by atoms with Gasteiger partial charge in [-0.25, -0.2) is 0 Å². The zero-order valence-corrected chi connectivity index (χ0v) is 19.1. The predicted octanol–water partition coefficient (Wildman–Crippen LogP) is 8.31. The summed E-state index contributed by atoms with van der Waals surface area (Å²) < 4.78 is 0. The van der Waals surface area contributed by atoms with Crippen molar-refractivity contribution in [1.82, 2.24) is 0 Å². The van der Waals surface area contributed by atoms with E-state index in [1.807, 2.05) is 0 Å². The molecule has 154 valence electrons. The Morgan fingerprint density at radius 3 is 2.33 bits per heavy atom. The summed E-state index contributed by atoms with van der Waals surface area (Å²) >= 11 is 0. The number of hydrogen-bond acceptors (Lipinski definition) is 0. The van der Waals surface area contributed by atoms with E-state index in [2.05, 4.69) is 114 Å². The van der Waals surface area contributed by atoms with E-state index in [0.717, 1.165) is 0 Å². The molecule has 0 radical (unpaired) electrons. The second kappa shape index (κ2) is 8.26. The fourth-order valence-electron chi connectivity index (χ4n) is 6.17. The minimum Gasteiger partial charge on any atom is -0.0874 e.